The standard InChI is InChI=1S/C25H21FN2O3/c1-3-28-21-11-7-5-9-19(21)23(29)22(16-12-14-17(31-2)15-13-16)24(28)27-25(30)18-8-4-6-10-20(18)26/h4-15H,3H2,1-2H3,(H,27,30). The van der Waals surface area contributed by atoms with Crippen LogP contribution in [0.5, 0.6) is 5.75 Å². The fraction of sp³-hybridized carbons (Fsp3) is 0.120. The molecule has 3 aromatic carbocycles. The number of hydrogen-bond donors (Lipinski definition) is 1. The largest absolute Gasteiger partial charge is 0.497 e. The molecule has 156 valence electrons. The number of ether oxygens (including phenoxy) is 1. The number of carbonyl (C=O) groups is 1. The number of carbonyl (C=O) groups excluding carboxylic acids is 1. The Morgan fingerprint density at radius 1 is 1.00 bits per heavy atom. The van der Waals surface area contributed by atoms with E-state index in [1.165, 1.54) is 18.2 Å². The second kappa shape index (κ2) is 8.44. The number of halogens is 1. The number of rotatable bonds is 5. The summed E-state index contributed by atoms with van der Waals surface area (Å²) in [5.74, 6) is -0.274. The van der Waals surface area contributed by atoms with Crippen LogP contribution in [0.15, 0.2) is 77.6 Å². The van der Waals surface area contributed by atoms with Crippen LogP contribution in [0.25, 0.3) is 22.0 Å². The van der Waals surface area contributed by atoms with Gasteiger partial charge < -0.3 is 14.6 Å². The van der Waals surface area contributed by atoms with E-state index in [1.54, 1.807) is 49.6 Å². The lowest BCUT2D eigenvalue weighted by Crippen LogP contribution is -2.23. The summed E-state index contributed by atoms with van der Waals surface area (Å²) in [6.45, 7) is 2.42. The number of amides is 1. The third-order valence-electron chi connectivity index (χ3n) is 5.22. The summed E-state index contributed by atoms with van der Waals surface area (Å²) in [6.07, 6.45) is 0. The lowest BCUT2D eigenvalue weighted by Gasteiger charge is -2.20. The van der Waals surface area contributed by atoms with Gasteiger partial charge in [-0.2, -0.15) is 0 Å². The number of aryl methyl sites for hydroxylation is 1. The number of pyridine rings is 1. The second-order valence-electron chi connectivity index (χ2n) is 6.98. The number of aromatic nitrogens is 1. The van der Waals surface area contributed by atoms with E-state index in [-0.39, 0.29) is 11.0 Å². The Bertz CT molecular complexity index is 1330. The molecule has 0 bridgehead atoms. The molecule has 31 heavy (non-hydrogen) atoms. The highest BCUT2D eigenvalue weighted by molar-refractivity contribution is 6.07. The molecule has 4 aromatic rings. The second-order valence-corrected chi connectivity index (χ2v) is 6.98. The summed E-state index contributed by atoms with van der Waals surface area (Å²) < 4.78 is 21.3. The third-order valence-corrected chi connectivity index (χ3v) is 5.22. The summed E-state index contributed by atoms with van der Waals surface area (Å²) in [5.41, 5.74) is 1.35. The first-order valence-corrected chi connectivity index (χ1v) is 9.91. The number of methoxy groups -OCH3 is 1. The van der Waals surface area contributed by atoms with Crippen molar-refractivity contribution in [3.8, 4) is 16.9 Å². The molecular formula is C25H21FN2O3. The molecule has 1 amide bonds. The number of benzene rings is 3. The normalized spacial score (nSPS) is 10.8. The van der Waals surface area contributed by atoms with Crippen molar-refractivity contribution < 1.29 is 13.9 Å². The van der Waals surface area contributed by atoms with Crippen molar-refractivity contribution in [3.63, 3.8) is 0 Å². The molecule has 0 saturated heterocycles. The van der Waals surface area contributed by atoms with Crippen molar-refractivity contribution in [3.05, 3.63) is 94.4 Å². The van der Waals surface area contributed by atoms with E-state index in [1.807, 2.05) is 23.6 Å². The minimum absolute atomic E-state index is 0.0913. The minimum atomic E-state index is -0.628. The lowest BCUT2D eigenvalue weighted by atomic mass is 10.0. The Morgan fingerprint density at radius 3 is 2.35 bits per heavy atom. The van der Waals surface area contributed by atoms with Crippen molar-refractivity contribution in [2.75, 3.05) is 12.4 Å². The van der Waals surface area contributed by atoms with Gasteiger partial charge in [0.1, 0.15) is 17.4 Å². The fourth-order valence-corrected chi connectivity index (χ4v) is 3.70. The minimum Gasteiger partial charge on any atom is -0.497 e. The molecule has 0 radical (unpaired) electrons. The predicted octanol–water partition coefficient (Wildman–Crippen LogP) is 5.09. The lowest BCUT2D eigenvalue weighted by molar-refractivity contribution is 0.102. The van der Waals surface area contributed by atoms with Gasteiger partial charge in [0.2, 0.25) is 0 Å². The van der Waals surface area contributed by atoms with Crippen LogP contribution in [0.4, 0.5) is 10.2 Å². The Hall–Kier alpha value is -3.93. The molecule has 0 unspecified atom stereocenters. The van der Waals surface area contributed by atoms with Gasteiger partial charge >= 0.3 is 0 Å². The summed E-state index contributed by atoms with van der Waals surface area (Å²) in [5, 5.41) is 3.34. The van der Waals surface area contributed by atoms with Gasteiger partial charge in [0.25, 0.3) is 5.91 Å². The van der Waals surface area contributed by atoms with Crippen molar-refractivity contribution in [1.29, 1.82) is 0 Å². The summed E-state index contributed by atoms with van der Waals surface area (Å²) in [4.78, 5) is 26.4. The van der Waals surface area contributed by atoms with Crippen molar-refractivity contribution >= 4 is 22.6 Å². The van der Waals surface area contributed by atoms with Crippen LogP contribution >= 0.6 is 0 Å². The first-order chi connectivity index (χ1) is 15.0. The topological polar surface area (TPSA) is 60.3 Å². The van der Waals surface area contributed by atoms with Gasteiger partial charge in [-0.3, -0.25) is 9.59 Å². The first kappa shape index (κ1) is 20.3. The average Bonchev–Trinajstić information content (AvgIpc) is 2.80. The molecule has 1 heterocycles. The summed E-state index contributed by atoms with van der Waals surface area (Å²) in [7, 11) is 1.56. The number of fused-ring (bicyclic) bond motifs is 1. The monoisotopic (exact) mass is 416 g/mol. The van der Waals surface area contributed by atoms with Gasteiger partial charge in [-0.15, -0.1) is 0 Å². The Labute approximate surface area is 178 Å². The molecular weight excluding hydrogens is 395 g/mol. The molecule has 5 nitrogen and oxygen atoms in total. The van der Waals surface area contributed by atoms with Gasteiger partial charge in [0, 0.05) is 11.9 Å². The van der Waals surface area contributed by atoms with Crippen LogP contribution in [-0.4, -0.2) is 17.6 Å². The molecule has 1 aromatic heterocycles. The quantitative estimate of drug-likeness (QED) is 0.493. The highest BCUT2D eigenvalue weighted by Gasteiger charge is 2.21. The van der Waals surface area contributed by atoms with Crippen LogP contribution in [0, 0.1) is 5.82 Å². The van der Waals surface area contributed by atoms with Crippen LogP contribution in [0.2, 0.25) is 0 Å². The summed E-state index contributed by atoms with van der Waals surface area (Å²) in [6, 6.07) is 20.0. The number of para-hydroxylation sites is 1. The van der Waals surface area contributed by atoms with E-state index in [0.717, 1.165) is 0 Å². The predicted molar refractivity (Wildman–Crippen MR) is 120 cm³/mol. The zero-order chi connectivity index (χ0) is 22.0. The van der Waals surface area contributed by atoms with Gasteiger partial charge in [-0.05, 0) is 48.9 Å². The number of nitrogens with one attached hydrogen (secondary N) is 1. The number of hydrogen-bond acceptors (Lipinski definition) is 3. The molecule has 0 atom stereocenters. The maximum atomic E-state index is 14.2. The Kier molecular flexibility index (Phi) is 5.54. The maximum Gasteiger partial charge on any atom is 0.259 e. The van der Waals surface area contributed by atoms with E-state index in [9.17, 15) is 14.0 Å². The zero-order valence-electron chi connectivity index (χ0n) is 17.2. The van der Waals surface area contributed by atoms with Gasteiger partial charge in [0.05, 0.1) is 23.8 Å². The molecule has 1 N–H and O–H groups in total. The molecule has 0 fully saturated rings. The third kappa shape index (κ3) is 3.68. The van der Waals surface area contributed by atoms with Crippen molar-refractivity contribution in [2.45, 2.75) is 13.5 Å². The molecule has 0 spiro atoms. The highest BCUT2D eigenvalue weighted by Crippen LogP contribution is 2.30. The smallest absolute Gasteiger partial charge is 0.259 e. The highest BCUT2D eigenvalue weighted by atomic mass is 19.1. The zero-order valence-corrected chi connectivity index (χ0v) is 17.2. The van der Waals surface area contributed by atoms with E-state index in [0.29, 0.717) is 40.1 Å². The van der Waals surface area contributed by atoms with Crippen molar-refractivity contribution in [2.24, 2.45) is 0 Å². The van der Waals surface area contributed by atoms with Gasteiger partial charge in [-0.25, -0.2) is 4.39 Å². The van der Waals surface area contributed by atoms with E-state index in [4.69, 9.17) is 4.74 Å². The Morgan fingerprint density at radius 2 is 1.68 bits per heavy atom. The molecule has 0 aliphatic rings. The SMILES string of the molecule is CCn1c(NC(=O)c2ccccc2F)c(-c2ccc(OC)cc2)c(=O)c2ccccc21. The first-order valence-electron chi connectivity index (χ1n) is 9.91. The van der Waals surface area contributed by atoms with Crippen LogP contribution in [0.3, 0.4) is 0 Å². The summed E-state index contributed by atoms with van der Waals surface area (Å²) >= 11 is 0. The van der Waals surface area contributed by atoms with E-state index >= 15 is 0 Å². The average molecular weight is 416 g/mol. The molecule has 0 aliphatic carbocycles. The van der Waals surface area contributed by atoms with Gasteiger partial charge in [-0.1, -0.05) is 36.4 Å². The van der Waals surface area contributed by atoms with Gasteiger partial charge in [0.15, 0.2) is 5.43 Å². The molecule has 0 aliphatic heterocycles. The van der Waals surface area contributed by atoms with Crippen LogP contribution in [-0.2, 0) is 6.54 Å². The van der Waals surface area contributed by atoms with E-state index < -0.39 is 11.7 Å². The van der Waals surface area contributed by atoms with Crippen LogP contribution < -0.4 is 15.5 Å². The Balaban J connectivity index is 1.98. The number of nitrogens with zero attached hydrogens (tertiary/aromatic N) is 1. The molecule has 6 heteroatoms. The molecule has 0 saturated carbocycles. The van der Waals surface area contributed by atoms with Crippen LogP contribution in [0.1, 0.15) is 17.3 Å². The van der Waals surface area contributed by atoms with Crippen molar-refractivity contribution in [1.82, 2.24) is 4.57 Å². The number of anilines is 1. The molecule has 4 rings (SSSR count). The fourth-order valence-electron chi connectivity index (χ4n) is 3.70. The maximum absolute atomic E-state index is 14.2. The van der Waals surface area contributed by atoms with E-state index in [2.05, 4.69) is 5.32 Å².